The summed E-state index contributed by atoms with van der Waals surface area (Å²) in [6.45, 7) is 2.25. The molecule has 0 bridgehead atoms. The molecular formula is C7H14O2. The number of hydrogen-bond donors (Lipinski definition) is 2. The smallest absolute Gasteiger partial charge is 0.0592 e. The Hall–Kier alpha value is -0.0800. The van der Waals surface area contributed by atoms with Crippen LogP contribution in [0, 0.1) is 11.8 Å². The van der Waals surface area contributed by atoms with E-state index in [9.17, 15) is 5.11 Å². The first-order valence-corrected chi connectivity index (χ1v) is 3.53. The maximum absolute atomic E-state index is 9.20. The minimum atomic E-state index is -0.245. The van der Waals surface area contributed by atoms with Crippen molar-refractivity contribution in [2.45, 2.75) is 25.9 Å². The van der Waals surface area contributed by atoms with Crippen LogP contribution in [0.5, 0.6) is 0 Å². The number of rotatable bonds is 1. The van der Waals surface area contributed by atoms with Gasteiger partial charge in [-0.1, -0.05) is 6.92 Å². The molecule has 1 rings (SSSR count). The van der Waals surface area contributed by atoms with Gasteiger partial charge in [-0.2, -0.15) is 0 Å². The summed E-state index contributed by atoms with van der Waals surface area (Å²) in [5, 5.41) is 17.9. The van der Waals surface area contributed by atoms with Crippen molar-refractivity contribution in [2.75, 3.05) is 6.61 Å². The molecule has 2 unspecified atom stereocenters. The molecule has 0 saturated heterocycles. The fourth-order valence-corrected chi connectivity index (χ4v) is 1.57. The molecular weight excluding hydrogens is 116 g/mol. The second-order valence-corrected chi connectivity index (χ2v) is 3.09. The number of aliphatic hydroxyl groups excluding tert-OH is 2. The maximum atomic E-state index is 9.20. The maximum Gasteiger partial charge on any atom is 0.0592 e. The zero-order valence-corrected chi connectivity index (χ0v) is 5.75. The molecule has 0 spiro atoms. The zero-order chi connectivity index (χ0) is 6.85. The Morgan fingerprint density at radius 1 is 1.44 bits per heavy atom. The third-order valence-corrected chi connectivity index (χ3v) is 2.13. The van der Waals surface area contributed by atoms with Crippen LogP contribution in [0.25, 0.3) is 0 Å². The Balaban J connectivity index is 2.38. The fraction of sp³-hybridized carbons (Fsp3) is 1.00. The van der Waals surface area contributed by atoms with Gasteiger partial charge in [-0.25, -0.2) is 0 Å². The summed E-state index contributed by atoms with van der Waals surface area (Å²) in [5.74, 6) is 0.747. The lowest BCUT2D eigenvalue weighted by Gasteiger charge is -2.08. The van der Waals surface area contributed by atoms with Crippen LogP contribution in [-0.4, -0.2) is 22.9 Å². The molecule has 0 radical (unpaired) electrons. The zero-order valence-electron chi connectivity index (χ0n) is 5.75. The highest BCUT2D eigenvalue weighted by molar-refractivity contribution is 4.79. The molecule has 0 aromatic carbocycles. The molecule has 0 aliphatic heterocycles. The first-order valence-electron chi connectivity index (χ1n) is 3.53. The van der Waals surface area contributed by atoms with E-state index in [2.05, 4.69) is 6.92 Å². The molecule has 1 aliphatic carbocycles. The molecule has 2 heteroatoms. The second kappa shape index (κ2) is 2.67. The van der Waals surface area contributed by atoms with Gasteiger partial charge >= 0.3 is 0 Å². The molecule has 1 saturated carbocycles. The second-order valence-electron chi connectivity index (χ2n) is 3.09. The first-order chi connectivity index (χ1) is 4.24. The van der Waals surface area contributed by atoms with Crippen LogP contribution < -0.4 is 0 Å². The lowest BCUT2D eigenvalue weighted by Crippen LogP contribution is -2.16. The Labute approximate surface area is 55.5 Å². The van der Waals surface area contributed by atoms with Crippen molar-refractivity contribution in [3.05, 3.63) is 0 Å². The summed E-state index contributed by atoms with van der Waals surface area (Å²) in [6.07, 6.45) is 1.60. The van der Waals surface area contributed by atoms with Crippen LogP contribution in [0.3, 0.4) is 0 Å². The van der Waals surface area contributed by atoms with Gasteiger partial charge in [-0.15, -0.1) is 0 Å². The van der Waals surface area contributed by atoms with Crippen molar-refractivity contribution < 1.29 is 10.2 Å². The largest absolute Gasteiger partial charge is 0.396 e. The number of aliphatic hydroxyl groups is 2. The highest BCUT2D eigenvalue weighted by atomic mass is 16.3. The van der Waals surface area contributed by atoms with Gasteiger partial charge in [-0.05, 0) is 18.8 Å². The van der Waals surface area contributed by atoms with E-state index in [1.807, 2.05) is 0 Å². The van der Waals surface area contributed by atoms with Crippen molar-refractivity contribution >= 4 is 0 Å². The quantitative estimate of drug-likeness (QED) is 0.539. The lowest BCUT2D eigenvalue weighted by molar-refractivity contribution is 0.0906. The lowest BCUT2D eigenvalue weighted by atomic mass is 10.1. The van der Waals surface area contributed by atoms with Gasteiger partial charge in [0, 0.05) is 12.5 Å². The van der Waals surface area contributed by atoms with Gasteiger partial charge in [0.25, 0.3) is 0 Å². The van der Waals surface area contributed by atoms with E-state index in [4.69, 9.17) is 5.11 Å². The molecule has 0 amide bonds. The van der Waals surface area contributed by atoms with Gasteiger partial charge in [0.2, 0.25) is 0 Å². The summed E-state index contributed by atoms with van der Waals surface area (Å²) in [7, 11) is 0. The average Bonchev–Trinajstić information content (AvgIpc) is 2.10. The molecule has 0 aromatic heterocycles. The van der Waals surface area contributed by atoms with Gasteiger partial charge in [-0.3, -0.25) is 0 Å². The summed E-state index contributed by atoms with van der Waals surface area (Å²) >= 11 is 0. The molecule has 1 aliphatic rings. The normalized spacial score (nSPS) is 43.7. The fourth-order valence-electron chi connectivity index (χ4n) is 1.57. The molecule has 0 aromatic rings. The minimum Gasteiger partial charge on any atom is -0.396 e. The standard InChI is InChI=1S/C7H14O2/c1-5-2-6(4-8)7(9)3-5/h5-9H,2-4H2,1H3/t5?,6-,7?/m1/s1. The number of hydrogen-bond acceptors (Lipinski definition) is 2. The van der Waals surface area contributed by atoms with Gasteiger partial charge < -0.3 is 10.2 Å². The van der Waals surface area contributed by atoms with E-state index < -0.39 is 0 Å². The highest BCUT2D eigenvalue weighted by Crippen LogP contribution is 2.29. The van der Waals surface area contributed by atoms with Crippen molar-refractivity contribution in [2.24, 2.45) is 11.8 Å². The Kier molecular flexibility index (Phi) is 2.09. The highest BCUT2D eigenvalue weighted by Gasteiger charge is 2.29. The summed E-state index contributed by atoms with van der Waals surface area (Å²) in [6, 6.07) is 0. The Morgan fingerprint density at radius 2 is 2.11 bits per heavy atom. The summed E-state index contributed by atoms with van der Waals surface area (Å²) < 4.78 is 0. The molecule has 0 heterocycles. The van der Waals surface area contributed by atoms with E-state index in [1.54, 1.807) is 0 Å². The Morgan fingerprint density at radius 3 is 2.33 bits per heavy atom. The van der Waals surface area contributed by atoms with Crippen LogP contribution in [0.15, 0.2) is 0 Å². The molecule has 54 valence electrons. The van der Waals surface area contributed by atoms with Crippen LogP contribution in [0.4, 0.5) is 0 Å². The molecule has 2 nitrogen and oxygen atoms in total. The van der Waals surface area contributed by atoms with E-state index in [1.165, 1.54) is 0 Å². The van der Waals surface area contributed by atoms with Crippen molar-refractivity contribution in [1.29, 1.82) is 0 Å². The van der Waals surface area contributed by atoms with Crippen LogP contribution in [0.2, 0.25) is 0 Å². The predicted octanol–water partition coefficient (Wildman–Crippen LogP) is 0.386. The topological polar surface area (TPSA) is 40.5 Å². The predicted molar refractivity (Wildman–Crippen MR) is 35.0 cm³/mol. The van der Waals surface area contributed by atoms with E-state index in [0.717, 1.165) is 12.8 Å². The molecule has 3 atom stereocenters. The average molecular weight is 130 g/mol. The monoisotopic (exact) mass is 130 g/mol. The van der Waals surface area contributed by atoms with E-state index in [0.29, 0.717) is 5.92 Å². The minimum absolute atomic E-state index is 0.144. The Bertz CT molecular complexity index is 92.9. The van der Waals surface area contributed by atoms with E-state index in [-0.39, 0.29) is 18.6 Å². The van der Waals surface area contributed by atoms with Crippen molar-refractivity contribution in [3.8, 4) is 0 Å². The van der Waals surface area contributed by atoms with Crippen LogP contribution in [-0.2, 0) is 0 Å². The SMILES string of the molecule is CC1CC(O)[C@@H](CO)C1. The van der Waals surface area contributed by atoms with E-state index >= 15 is 0 Å². The van der Waals surface area contributed by atoms with Crippen LogP contribution >= 0.6 is 0 Å². The third kappa shape index (κ3) is 1.43. The molecule has 1 fully saturated rings. The van der Waals surface area contributed by atoms with Crippen LogP contribution in [0.1, 0.15) is 19.8 Å². The van der Waals surface area contributed by atoms with Gasteiger partial charge in [0.1, 0.15) is 0 Å². The van der Waals surface area contributed by atoms with Crippen molar-refractivity contribution in [3.63, 3.8) is 0 Å². The van der Waals surface area contributed by atoms with Gasteiger partial charge in [0.05, 0.1) is 6.10 Å². The summed E-state index contributed by atoms with van der Waals surface area (Å²) in [4.78, 5) is 0. The van der Waals surface area contributed by atoms with Crippen molar-refractivity contribution in [1.82, 2.24) is 0 Å². The summed E-state index contributed by atoms with van der Waals surface area (Å²) in [5.41, 5.74) is 0. The van der Waals surface area contributed by atoms with Gasteiger partial charge in [0.15, 0.2) is 0 Å². The molecule has 2 N–H and O–H groups in total. The molecule has 9 heavy (non-hydrogen) atoms. The third-order valence-electron chi connectivity index (χ3n) is 2.13. The first kappa shape index (κ1) is 7.03.